The monoisotopic (exact) mass is 295 g/mol. The van der Waals surface area contributed by atoms with Gasteiger partial charge in [-0.15, -0.1) is 11.3 Å². The number of thiazole rings is 1. The predicted octanol–water partition coefficient (Wildman–Crippen LogP) is 1.71. The number of nitrogens with one attached hydrogen (secondary N) is 1. The Morgan fingerprint density at radius 3 is 2.79 bits per heavy atom. The fourth-order valence-corrected chi connectivity index (χ4v) is 2.01. The number of hydrogen-bond donors (Lipinski definition) is 3. The number of anilines is 1. The first-order valence-electron chi connectivity index (χ1n) is 5.69. The van der Waals surface area contributed by atoms with Crippen molar-refractivity contribution in [2.75, 3.05) is 18.4 Å². The molecule has 0 unspecified atom stereocenters. The van der Waals surface area contributed by atoms with Crippen LogP contribution in [0.25, 0.3) is 0 Å². The van der Waals surface area contributed by atoms with E-state index in [-0.39, 0.29) is 5.96 Å². The second kappa shape index (κ2) is 7.29. The molecule has 5 nitrogen and oxygen atoms in total. The van der Waals surface area contributed by atoms with Gasteiger partial charge in [0.05, 0.1) is 5.69 Å². The summed E-state index contributed by atoms with van der Waals surface area (Å²) in [7, 11) is 0. The molecule has 0 radical (unpaired) electrons. The summed E-state index contributed by atoms with van der Waals surface area (Å²) in [5, 5.41) is 4.80. The Kier molecular flexibility index (Phi) is 6.03. The number of nitrogens with two attached hydrogens (primary N) is 2. The molecule has 9 heteroatoms. The van der Waals surface area contributed by atoms with Crippen LogP contribution in [0.3, 0.4) is 0 Å². The number of hydrogen-bond acceptors (Lipinski definition) is 4. The van der Waals surface area contributed by atoms with Crippen molar-refractivity contribution >= 4 is 22.4 Å². The molecule has 1 aromatic rings. The predicted molar refractivity (Wildman–Crippen MR) is 70.3 cm³/mol. The molecule has 0 aliphatic rings. The van der Waals surface area contributed by atoms with Crippen molar-refractivity contribution in [3.8, 4) is 0 Å². The first kappa shape index (κ1) is 15.7. The van der Waals surface area contributed by atoms with Gasteiger partial charge in [-0.3, -0.25) is 0 Å². The number of nitrogens with zero attached hydrogens (tertiary/aromatic N) is 2. The van der Waals surface area contributed by atoms with Crippen LogP contribution in [0.2, 0.25) is 0 Å². The Labute approximate surface area is 112 Å². The summed E-state index contributed by atoms with van der Waals surface area (Å²) >= 11 is 1.27. The number of aromatic nitrogens is 1. The average Bonchev–Trinajstić information content (AvgIpc) is 2.74. The van der Waals surface area contributed by atoms with Gasteiger partial charge in [0.15, 0.2) is 11.1 Å². The molecular weight excluding hydrogens is 279 g/mol. The van der Waals surface area contributed by atoms with Crippen LogP contribution in [0.4, 0.5) is 18.3 Å². The van der Waals surface area contributed by atoms with Gasteiger partial charge >= 0.3 is 6.18 Å². The fourth-order valence-electron chi connectivity index (χ4n) is 1.25. The maximum absolute atomic E-state index is 11.9. The number of guanidine groups is 1. The number of rotatable bonds is 6. The van der Waals surface area contributed by atoms with Crippen molar-refractivity contribution in [1.82, 2.24) is 4.98 Å². The average molecular weight is 295 g/mol. The van der Waals surface area contributed by atoms with E-state index in [0.29, 0.717) is 11.7 Å². The van der Waals surface area contributed by atoms with Gasteiger partial charge in [0.25, 0.3) is 0 Å². The summed E-state index contributed by atoms with van der Waals surface area (Å²) in [5.41, 5.74) is 11.6. The summed E-state index contributed by atoms with van der Waals surface area (Å²) in [6, 6.07) is 0. The maximum atomic E-state index is 11.9. The van der Waals surface area contributed by atoms with Gasteiger partial charge in [-0.25, -0.2) is 9.98 Å². The highest BCUT2D eigenvalue weighted by Crippen LogP contribution is 2.17. The van der Waals surface area contributed by atoms with Crippen molar-refractivity contribution in [2.24, 2.45) is 16.5 Å². The van der Waals surface area contributed by atoms with E-state index in [2.05, 4.69) is 15.3 Å². The highest BCUT2D eigenvalue weighted by molar-refractivity contribution is 7.13. The Hall–Kier alpha value is -1.35. The summed E-state index contributed by atoms with van der Waals surface area (Å²) in [5.74, 6) is -0.291. The second-order valence-electron chi connectivity index (χ2n) is 3.83. The largest absolute Gasteiger partial charge is 0.408 e. The van der Waals surface area contributed by atoms with Crippen LogP contribution in [-0.4, -0.2) is 30.2 Å². The molecule has 1 rings (SSSR count). The molecule has 5 N–H and O–H groups in total. The van der Waals surface area contributed by atoms with Crippen LogP contribution in [0.5, 0.6) is 0 Å². The zero-order chi connectivity index (χ0) is 14.3. The van der Waals surface area contributed by atoms with Crippen molar-refractivity contribution in [2.45, 2.75) is 25.4 Å². The molecule has 1 heterocycles. The lowest BCUT2D eigenvalue weighted by molar-refractivity contribution is -0.118. The van der Waals surface area contributed by atoms with Crippen LogP contribution in [0.15, 0.2) is 10.4 Å². The number of alkyl halides is 3. The minimum Gasteiger partial charge on any atom is -0.370 e. The van der Waals surface area contributed by atoms with Crippen LogP contribution in [0, 0.1) is 0 Å². The van der Waals surface area contributed by atoms with Crippen molar-refractivity contribution in [3.63, 3.8) is 0 Å². The van der Waals surface area contributed by atoms with Crippen LogP contribution >= 0.6 is 11.3 Å². The lowest BCUT2D eigenvalue weighted by Gasteiger charge is -2.04. The minimum absolute atomic E-state index is 0.291. The smallest absolute Gasteiger partial charge is 0.370 e. The molecular formula is C10H16F3N5S. The molecule has 0 aliphatic carbocycles. The summed E-state index contributed by atoms with van der Waals surface area (Å²) in [6.07, 6.45) is -1.73. The summed E-state index contributed by atoms with van der Waals surface area (Å²) < 4.78 is 35.8. The van der Waals surface area contributed by atoms with E-state index < -0.39 is 12.7 Å². The minimum atomic E-state index is -4.36. The zero-order valence-electron chi connectivity index (χ0n) is 10.2. The standard InChI is InChI=1S/C10H16F3N5S/c11-10(12,13)6-16-8(15)18-9-17-7(5-19-9)3-1-2-4-14/h5H,1-4,6,14H2,(H3,15,16,17,18). The molecule has 0 aromatic carbocycles. The molecule has 108 valence electrons. The van der Waals surface area contributed by atoms with Gasteiger partial charge in [0.2, 0.25) is 0 Å². The van der Waals surface area contributed by atoms with Gasteiger partial charge in [0, 0.05) is 5.38 Å². The van der Waals surface area contributed by atoms with Crippen molar-refractivity contribution in [3.05, 3.63) is 11.1 Å². The SMILES string of the molecule is NCCCCc1csc(NC(N)=NCC(F)(F)F)n1. The third-order valence-electron chi connectivity index (χ3n) is 2.10. The van der Waals surface area contributed by atoms with Gasteiger partial charge in [0.1, 0.15) is 6.54 Å². The molecule has 19 heavy (non-hydrogen) atoms. The molecule has 0 bridgehead atoms. The molecule has 0 fully saturated rings. The lowest BCUT2D eigenvalue weighted by Crippen LogP contribution is -2.25. The number of unbranched alkanes of at least 4 members (excludes halogenated alkanes) is 1. The highest BCUT2D eigenvalue weighted by atomic mass is 32.1. The summed E-state index contributed by atoms with van der Waals surface area (Å²) in [4.78, 5) is 7.37. The number of aryl methyl sites for hydroxylation is 1. The Morgan fingerprint density at radius 1 is 1.42 bits per heavy atom. The molecule has 0 saturated carbocycles. The first-order chi connectivity index (χ1) is 8.90. The zero-order valence-corrected chi connectivity index (χ0v) is 11.0. The Balaban J connectivity index is 2.44. The molecule has 1 aromatic heterocycles. The van der Waals surface area contributed by atoms with Gasteiger partial charge in [-0.2, -0.15) is 13.2 Å². The van der Waals surface area contributed by atoms with E-state index in [1.807, 2.05) is 5.38 Å². The van der Waals surface area contributed by atoms with Crippen molar-refractivity contribution < 1.29 is 13.2 Å². The Morgan fingerprint density at radius 2 is 2.16 bits per heavy atom. The molecule has 0 atom stereocenters. The van der Waals surface area contributed by atoms with E-state index in [4.69, 9.17) is 11.5 Å². The van der Waals surface area contributed by atoms with E-state index >= 15 is 0 Å². The third kappa shape index (κ3) is 6.97. The van der Waals surface area contributed by atoms with Gasteiger partial charge in [-0.1, -0.05) is 0 Å². The van der Waals surface area contributed by atoms with Gasteiger partial charge in [-0.05, 0) is 25.8 Å². The lowest BCUT2D eigenvalue weighted by atomic mass is 10.2. The number of aliphatic imine (C=N–C) groups is 1. The molecule has 0 aliphatic heterocycles. The van der Waals surface area contributed by atoms with E-state index in [0.717, 1.165) is 25.0 Å². The third-order valence-corrected chi connectivity index (χ3v) is 2.91. The van der Waals surface area contributed by atoms with Crippen LogP contribution < -0.4 is 16.8 Å². The van der Waals surface area contributed by atoms with Gasteiger partial charge < -0.3 is 16.8 Å². The number of halogens is 3. The second-order valence-corrected chi connectivity index (χ2v) is 4.69. The maximum Gasteiger partial charge on any atom is 0.408 e. The quantitative estimate of drug-likeness (QED) is 0.423. The molecule has 0 saturated heterocycles. The Bertz CT molecular complexity index is 416. The fraction of sp³-hybridized carbons (Fsp3) is 0.600. The van der Waals surface area contributed by atoms with Crippen molar-refractivity contribution in [1.29, 1.82) is 0 Å². The normalized spacial score (nSPS) is 12.7. The van der Waals surface area contributed by atoms with E-state index in [1.54, 1.807) is 0 Å². The van der Waals surface area contributed by atoms with E-state index in [9.17, 15) is 13.2 Å². The molecule has 0 amide bonds. The first-order valence-corrected chi connectivity index (χ1v) is 6.57. The highest BCUT2D eigenvalue weighted by Gasteiger charge is 2.26. The van der Waals surface area contributed by atoms with Crippen LogP contribution in [-0.2, 0) is 6.42 Å². The summed E-state index contributed by atoms with van der Waals surface area (Å²) in [6.45, 7) is -0.674. The van der Waals surface area contributed by atoms with Crippen LogP contribution in [0.1, 0.15) is 18.5 Å². The molecule has 0 spiro atoms. The topological polar surface area (TPSA) is 89.3 Å². The van der Waals surface area contributed by atoms with E-state index in [1.165, 1.54) is 11.3 Å².